The summed E-state index contributed by atoms with van der Waals surface area (Å²) in [4.78, 5) is 16.4. The van der Waals surface area contributed by atoms with Gasteiger partial charge < -0.3 is 14.9 Å². The number of hydrogen-bond acceptors (Lipinski definition) is 1. The van der Waals surface area contributed by atoms with Crippen LogP contribution < -0.4 is 5.32 Å². The minimum atomic E-state index is 0.0314. The maximum absolute atomic E-state index is 12.8. The predicted molar refractivity (Wildman–Crippen MR) is 110 cm³/mol. The van der Waals surface area contributed by atoms with Crippen LogP contribution in [0.2, 0.25) is 0 Å². The molecule has 1 aliphatic rings. The maximum Gasteiger partial charge on any atom is 0.252 e. The van der Waals surface area contributed by atoms with E-state index in [0.717, 1.165) is 32.9 Å². The minimum absolute atomic E-state index is 0.0314. The molecular formula is C23H19N3O. The highest BCUT2D eigenvalue weighted by atomic mass is 16.1. The lowest BCUT2D eigenvalue weighted by Gasteiger charge is -2.06. The molecule has 27 heavy (non-hydrogen) atoms. The van der Waals surface area contributed by atoms with Crippen LogP contribution in [0.5, 0.6) is 0 Å². The van der Waals surface area contributed by atoms with Crippen molar-refractivity contribution in [2.45, 2.75) is 20.4 Å². The summed E-state index contributed by atoms with van der Waals surface area (Å²) in [5, 5.41) is 7.66. The molecule has 0 saturated heterocycles. The van der Waals surface area contributed by atoms with Gasteiger partial charge in [0.05, 0.1) is 16.6 Å². The Kier molecular flexibility index (Phi) is 2.59. The lowest BCUT2D eigenvalue weighted by molar-refractivity contribution is 0.0967. The van der Waals surface area contributed by atoms with Crippen molar-refractivity contribution in [3.63, 3.8) is 0 Å². The second-order valence-electron chi connectivity index (χ2n) is 7.76. The number of nitrogens with one attached hydrogen (secondary N) is 2. The number of aromatic nitrogens is 2. The number of fused-ring (bicyclic) bond motifs is 10. The summed E-state index contributed by atoms with van der Waals surface area (Å²) in [5.74, 6) is 0.0314. The molecule has 5 aromatic rings. The van der Waals surface area contributed by atoms with Crippen molar-refractivity contribution < 1.29 is 4.79 Å². The number of H-pyrrole nitrogens is 1. The Morgan fingerprint density at radius 1 is 0.963 bits per heavy atom. The van der Waals surface area contributed by atoms with E-state index in [-0.39, 0.29) is 5.91 Å². The topological polar surface area (TPSA) is 49.8 Å². The quantitative estimate of drug-likeness (QED) is 0.412. The van der Waals surface area contributed by atoms with E-state index in [1.165, 1.54) is 32.9 Å². The molecule has 1 amide bonds. The van der Waals surface area contributed by atoms with Crippen LogP contribution in [0.15, 0.2) is 36.4 Å². The largest absolute Gasteiger partial charge is 0.353 e. The first-order valence-corrected chi connectivity index (χ1v) is 9.28. The monoisotopic (exact) mass is 353 g/mol. The number of aryl methyl sites for hydroxylation is 3. The minimum Gasteiger partial charge on any atom is -0.353 e. The highest BCUT2D eigenvalue weighted by Gasteiger charge is 2.30. The zero-order chi connectivity index (χ0) is 18.4. The first-order valence-electron chi connectivity index (χ1n) is 9.28. The average molecular weight is 353 g/mol. The van der Waals surface area contributed by atoms with Gasteiger partial charge in [0.15, 0.2) is 0 Å². The van der Waals surface area contributed by atoms with Crippen LogP contribution in [0.4, 0.5) is 0 Å². The van der Waals surface area contributed by atoms with Crippen LogP contribution in [-0.2, 0) is 13.6 Å². The number of rotatable bonds is 0. The third-order valence-corrected chi connectivity index (χ3v) is 6.05. The van der Waals surface area contributed by atoms with Gasteiger partial charge in [-0.2, -0.15) is 0 Å². The van der Waals surface area contributed by atoms with E-state index in [0.29, 0.717) is 6.54 Å². The van der Waals surface area contributed by atoms with E-state index in [1.54, 1.807) is 0 Å². The van der Waals surface area contributed by atoms with Crippen LogP contribution in [-0.4, -0.2) is 15.5 Å². The normalized spacial score (nSPS) is 14.0. The Bertz CT molecular complexity index is 1470. The van der Waals surface area contributed by atoms with Crippen molar-refractivity contribution in [1.82, 2.24) is 14.9 Å². The van der Waals surface area contributed by atoms with Crippen LogP contribution in [0.1, 0.15) is 27.0 Å². The van der Waals surface area contributed by atoms with Crippen molar-refractivity contribution in [3.05, 3.63) is 58.7 Å². The molecule has 2 aromatic heterocycles. The number of amides is 1. The smallest absolute Gasteiger partial charge is 0.252 e. The number of aromatic amines is 1. The Morgan fingerprint density at radius 3 is 2.52 bits per heavy atom. The van der Waals surface area contributed by atoms with Crippen molar-refractivity contribution in [3.8, 4) is 0 Å². The Labute approximate surface area is 155 Å². The fourth-order valence-electron chi connectivity index (χ4n) is 4.86. The Morgan fingerprint density at radius 2 is 1.70 bits per heavy atom. The zero-order valence-electron chi connectivity index (χ0n) is 15.5. The molecule has 3 heterocycles. The number of benzene rings is 3. The van der Waals surface area contributed by atoms with Gasteiger partial charge >= 0.3 is 0 Å². The van der Waals surface area contributed by atoms with Gasteiger partial charge in [-0.3, -0.25) is 4.79 Å². The molecule has 0 bridgehead atoms. The van der Waals surface area contributed by atoms with E-state index in [2.05, 4.69) is 72.2 Å². The van der Waals surface area contributed by atoms with Crippen molar-refractivity contribution in [1.29, 1.82) is 0 Å². The van der Waals surface area contributed by atoms with E-state index >= 15 is 0 Å². The average Bonchev–Trinajstić information content (AvgIpc) is 3.28. The van der Waals surface area contributed by atoms with Crippen LogP contribution in [0, 0.1) is 13.8 Å². The molecule has 6 rings (SSSR count). The summed E-state index contributed by atoms with van der Waals surface area (Å²) in [6.07, 6.45) is 0. The molecule has 1 aliphatic heterocycles. The van der Waals surface area contributed by atoms with Crippen LogP contribution in [0.3, 0.4) is 0 Å². The highest BCUT2D eigenvalue weighted by molar-refractivity contribution is 6.30. The van der Waals surface area contributed by atoms with Gasteiger partial charge in [0.1, 0.15) is 0 Å². The fraction of sp³-hybridized carbons (Fsp3) is 0.174. The standard InChI is InChI=1S/C23H19N3O/c1-11-4-6-16-13(8-11)19-20-15(10-24-23(20)27)18-14-9-12(2)5-7-17(14)26(3)22(18)21(19)25-16/h4-9,25H,10H2,1-3H3,(H,24,27). The van der Waals surface area contributed by atoms with Crippen molar-refractivity contribution >= 4 is 49.5 Å². The van der Waals surface area contributed by atoms with Gasteiger partial charge in [-0.1, -0.05) is 23.3 Å². The summed E-state index contributed by atoms with van der Waals surface area (Å²) >= 11 is 0. The van der Waals surface area contributed by atoms with Crippen LogP contribution >= 0.6 is 0 Å². The fourth-order valence-corrected chi connectivity index (χ4v) is 4.86. The molecule has 132 valence electrons. The van der Waals surface area contributed by atoms with Crippen LogP contribution in [0.25, 0.3) is 43.6 Å². The summed E-state index contributed by atoms with van der Waals surface area (Å²) in [6, 6.07) is 13.0. The zero-order valence-corrected chi connectivity index (χ0v) is 15.5. The number of hydrogen-bond donors (Lipinski definition) is 2. The molecule has 0 unspecified atom stereocenters. The SMILES string of the molecule is Cc1ccc2[nH]c3c(c4c(c5c6cc(C)ccc6n(C)c35)CNC4=O)c2c1. The molecule has 2 N–H and O–H groups in total. The summed E-state index contributed by atoms with van der Waals surface area (Å²) < 4.78 is 2.26. The summed E-state index contributed by atoms with van der Waals surface area (Å²) in [7, 11) is 2.12. The Hall–Kier alpha value is -3.27. The second-order valence-corrected chi connectivity index (χ2v) is 7.76. The maximum atomic E-state index is 12.8. The number of carbonyl (C=O) groups excluding carboxylic acids is 1. The summed E-state index contributed by atoms with van der Waals surface area (Å²) in [6.45, 7) is 4.80. The van der Waals surface area contributed by atoms with E-state index in [1.807, 2.05) is 0 Å². The van der Waals surface area contributed by atoms with Crippen molar-refractivity contribution in [2.24, 2.45) is 7.05 Å². The van der Waals surface area contributed by atoms with Gasteiger partial charge in [0.25, 0.3) is 5.91 Å². The molecule has 4 heteroatoms. The predicted octanol–water partition coefficient (Wildman–Crippen LogP) is 4.83. The lowest BCUT2D eigenvalue weighted by atomic mass is 9.96. The van der Waals surface area contributed by atoms with Gasteiger partial charge in [0.2, 0.25) is 0 Å². The molecule has 0 radical (unpaired) electrons. The van der Waals surface area contributed by atoms with E-state index in [4.69, 9.17) is 0 Å². The lowest BCUT2D eigenvalue weighted by Crippen LogP contribution is -2.12. The summed E-state index contributed by atoms with van der Waals surface area (Å²) in [5.41, 5.74) is 8.89. The molecular weight excluding hydrogens is 334 g/mol. The molecule has 0 spiro atoms. The van der Waals surface area contributed by atoms with Crippen molar-refractivity contribution in [2.75, 3.05) is 0 Å². The Balaban J connectivity index is 2.00. The highest BCUT2D eigenvalue weighted by Crippen LogP contribution is 2.43. The molecule has 3 aromatic carbocycles. The first kappa shape index (κ1) is 14.9. The van der Waals surface area contributed by atoms with Gasteiger partial charge in [-0.25, -0.2) is 0 Å². The number of nitrogens with zero attached hydrogens (tertiary/aromatic N) is 1. The second kappa shape index (κ2) is 4.71. The van der Waals surface area contributed by atoms with E-state index in [9.17, 15) is 4.79 Å². The van der Waals surface area contributed by atoms with Gasteiger partial charge in [-0.15, -0.1) is 0 Å². The number of carbonyl (C=O) groups is 1. The molecule has 0 fully saturated rings. The molecule has 0 saturated carbocycles. The van der Waals surface area contributed by atoms with E-state index < -0.39 is 0 Å². The molecule has 0 atom stereocenters. The van der Waals surface area contributed by atoms with Gasteiger partial charge in [-0.05, 0) is 43.7 Å². The first-order chi connectivity index (χ1) is 13.0. The molecule has 4 nitrogen and oxygen atoms in total. The third kappa shape index (κ3) is 1.70. The van der Waals surface area contributed by atoms with Gasteiger partial charge in [0, 0.05) is 46.2 Å². The molecule has 0 aliphatic carbocycles. The third-order valence-electron chi connectivity index (χ3n) is 6.05.